The van der Waals surface area contributed by atoms with Gasteiger partial charge in [0.25, 0.3) is 0 Å². The molecule has 0 amide bonds. The molecule has 0 aromatic carbocycles. The van der Waals surface area contributed by atoms with Gasteiger partial charge in [-0.3, -0.25) is 13.6 Å². The third kappa shape index (κ3) is 4.88. The summed E-state index contributed by atoms with van der Waals surface area (Å²) in [6.07, 6.45) is 4.06. The van der Waals surface area contributed by atoms with Crippen molar-refractivity contribution in [1.82, 2.24) is 0 Å². The summed E-state index contributed by atoms with van der Waals surface area (Å²) in [7, 11) is -1.22. The van der Waals surface area contributed by atoms with E-state index in [4.69, 9.17) is 18.3 Å². The fourth-order valence-electron chi connectivity index (χ4n) is 2.28. The molecule has 0 N–H and O–H groups in total. The summed E-state index contributed by atoms with van der Waals surface area (Å²) < 4.78 is 31.8. The molecule has 1 rings (SSSR count). The number of rotatable bonds is 7. The predicted molar refractivity (Wildman–Crippen MR) is 69.7 cm³/mol. The van der Waals surface area contributed by atoms with E-state index < -0.39 is 19.9 Å². The van der Waals surface area contributed by atoms with E-state index in [1.54, 1.807) is 6.92 Å². The Labute approximate surface area is 114 Å². The molecule has 6 nitrogen and oxygen atoms in total. The van der Waals surface area contributed by atoms with Gasteiger partial charge in [0.2, 0.25) is 0 Å². The third-order valence-corrected chi connectivity index (χ3v) is 4.67. The van der Waals surface area contributed by atoms with Crippen molar-refractivity contribution in [2.75, 3.05) is 20.8 Å². The van der Waals surface area contributed by atoms with Crippen LogP contribution in [0, 0.1) is 5.92 Å². The summed E-state index contributed by atoms with van der Waals surface area (Å²) in [5.41, 5.74) is 0. The fraction of sp³-hybridized carbons (Fsp3) is 0.917. The standard InChI is InChI=1S/C12H23O6P/c1-4-17-12(13)11(10-8-6-5-7-9-10)18-19(14,15-2)16-3/h10-11H,4-9H2,1-3H3/t11-/m1/s1. The number of esters is 1. The van der Waals surface area contributed by atoms with Crippen LogP contribution in [0.25, 0.3) is 0 Å². The summed E-state index contributed by atoms with van der Waals surface area (Å²) in [5, 5.41) is 0. The maximum absolute atomic E-state index is 12.0. The minimum atomic E-state index is -3.68. The van der Waals surface area contributed by atoms with Crippen LogP contribution in [-0.2, 0) is 27.7 Å². The zero-order valence-corrected chi connectivity index (χ0v) is 12.7. The molecule has 112 valence electrons. The summed E-state index contributed by atoms with van der Waals surface area (Å²) in [5.74, 6) is -0.491. The SMILES string of the molecule is CCOC(=O)[C@H](OP(=O)(OC)OC)C1CCCCC1. The van der Waals surface area contributed by atoms with E-state index in [1.807, 2.05) is 0 Å². The number of hydrogen-bond donors (Lipinski definition) is 0. The lowest BCUT2D eigenvalue weighted by molar-refractivity contribution is -0.156. The molecular formula is C12H23O6P. The molecule has 0 aliphatic heterocycles. The Morgan fingerprint density at radius 1 is 1.21 bits per heavy atom. The third-order valence-electron chi connectivity index (χ3n) is 3.29. The molecular weight excluding hydrogens is 271 g/mol. The first-order valence-electron chi connectivity index (χ1n) is 6.63. The molecule has 0 radical (unpaired) electrons. The van der Waals surface area contributed by atoms with Gasteiger partial charge in [-0.2, -0.15) is 0 Å². The average Bonchev–Trinajstić information content (AvgIpc) is 2.45. The number of carbonyl (C=O) groups is 1. The van der Waals surface area contributed by atoms with E-state index >= 15 is 0 Å². The van der Waals surface area contributed by atoms with Crippen molar-refractivity contribution in [3.8, 4) is 0 Å². The first-order valence-corrected chi connectivity index (χ1v) is 8.09. The topological polar surface area (TPSA) is 71.1 Å². The summed E-state index contributed by atoms with van der Waals surface area (Å²) in [6.45, 7) is 1.98. The van der Waals surface area contributed by atoms with E-state index in [0.29, 0.717) is 0 Å². The van der Waals surface area contributed by atoms with E-state index in [0.717, 1.165) is 32.1 Å². The van der Waals surface area contributed by atoms with Crippen LogP contribution in [0.5, 0.6) is 0 Å². The van der Waals surface area contributed by atoms with Gasteiger partial charge < -0.3 is 4.74 Å². The fourth-order valence-corrected chi connectivity index (χ4v) is 3.14. The van der Waals surface area contributed by atoms with Gasteiger partial charge in [0, 0.05) is 14.2 Å². The van der Waals surface area contributed by atoms with Gasteiger partial charge in [-0.25, -0.2) is 9.36 Å². The van der Waals surface area contributed by atoms with Crippen molar-refractivity contribution < 1.29 is 27.7 Å². The van der Waals surface area contributed by atoms with Crippen molar-refractivity contribution in [2.24, 2.45) is 5.92 Å². The predicted octanol–water partition coefficient (Wildman–Crippen LogP) is 2.92. The second-order valence-electron chi connectivity index (χ2n) is 4.49. The van der Waals surface area contributed by atoms with Gasteiger partial charge in [0.05, 0.1) is 6.61 Å². The summed E-state index contributed by atoms with van der Waals surface area (Å²) >= 11 is 0. The minimum absolute atomic E-state index is 0.00595. The lowest BCUT2D eigenvalue weighted by atomic mass is 9.85. The zero-order chi connectivity index (χ0) is 14.3. The first kappa shape index (κ1) is 16.6. The zero-order valence-electron chi connectivity index (χ0n) is 11.8. The number of phosphoric acid groups is 1. The summed E-state index contributed by atoms with van der Waals surface area (Å²) in [4.78, 5) is 12.0. The van der Waals surface area contributed by atoms with Crippen LogP contribution in [0.2, 0.25) is 0 Å². The van der Waals surface area contributed by atoms with Gasteiger partial charge in [-0.15, -0.1) is 0 Å². The number of phosphoric ester groups is 1. The van der Waals surface area contributed by atoms with Crippen LogP contribution >= 0.6 is 7.82 Å². The van der Waals surface area contributed by atoms with Crippen LogP contribution in [-0.4, -0.2) is 32.9 Å². The number of ether oxygens (including phenoxy) is 1. The highest BCUT2D eigenvalue weighted by molar-refractivity contribution is 7.48. The normalized spacial score (nSPS) is 19.1. The molecule has 7 heteroatoms. The Kier molecular flexibility index (Phi) is 7.00. The molecule has 1 aliphatic rings. The second-order valence-corrected chi connectivity index (χ2v) is 6.32. The Morgan fingerprint density at radius 3 is 2.26 bits per heavy atom. The molecule has 1 fully saturated rings. The maximum Gasteiger partial charge on any atom is 0.475 e. The quantitative estimate of drug-likeness (QED) is 0.531. The Bertz CT molecular complexity index is 318. The second kappa shape index (κ2) is 8.00. The monoisotopic (exact) mass is 294 g/mol. The molecule has 1 aliphatic carbocycles. The molecule has 0 bridgehead atoms. The van der Waals surface area contributed by atoms with Gasteiger partial charge in [0.1, 0.15) is 0 Å². The minimum Gasteiger partial charge on any atom is -0.464 e. The van der Waals surface area contributed by atoms with E-state index in [2.05, 4.69) is 0 Å². The molecule has 1 atom stereocenters. The van der Waals surface area contributed by atoms with Crippen molar-refractivity contribution in [3.05, 3.63) is 0 Å². The van der Waals surface area contributed by atoms with Crippen LogP contribution in [0.3, 0.4) is 0 Å². The number of carbonyl (C=O) groups excluding carboxylic acids is 1. The van der Waals surface area contributed by atoms with Gasteiger partial charge in [0.15, 0.2) is 6.10 Å². The van der Waals surface area contributed by atoms with E-state index in [-0.39, 0.29) is 12.5 Å². The van der Waals surface area contributed by atoms with Crippen molar-refractivity contribution in [3.63, 3.8) is 0 Å². The van der Waals surface area contributed by atoms with Crippen molar-refractivity contribution in [1.29, 1.82) is 0 Å². The highest BCUT2D eigenvalue weighted by atomic mass is 31.2. The lowest BCUT2D eigenvalue weighted by Crippen LogP contribution is -2.35. The molecule has 0 spiro atoms. The average molecular weight is 294 g/mol. The molecule has 1 saturated carbocycles. The molecule has 19 heavy (non-hydrogen) atoms. The van der Waals surface area contributed by atoms with Crippen LogP contribution < -0.4 is 0 Å². The molecule has 0 aromatic rings. The van der Waals surface area contributed by atoms with Crippen molar-refractivity contribution >= 4 is 13.8 Å². The number of hydrogen-bond acceptors (Lipinski definition) is 6. The van der Waals surface area contributed by atoms with E-state index in [1.165, 1.54) is 14.2 Å². The smallest absolute Gasteiger partial charge is 0.464 e. The highest BCUT2D eigenvalue weighted by Gasteiger charge is 2.38. The molecule has 0 heterocycles. The first-order chi connectivity index (χ1) is 9.06. The van der Waals surface area contributed by atoms with Gasteiger partial charge in [-0.05, 0) is 25.7 Å². The Balaban J connectivity index is 2.79. The Morgan fingerprint density at radius 2 is 1.79 bits per heavy atom. The highest BCUT2D eigenvalue weighted by Crippen LogP contribution is 2.50. The lowest BCUT2D eigenvalue weighted by Gasteiger charge is -2.29. The summed E-state index contributed by atoms with van der Waals surface area (Å²) in [6, 6.07) is 0. The Hall–Kier alpha value is -0.420. The molecule has 0 unspecified atom stereocenters. The van der Waals surface area contributed by atoms with E-state index in [9.17, 15) is 9.36 Å². The largest absolute Gasteiger partial charge is 0.475 e. The van der Waals surface area contributed by atoms with Gasteiger partial charge >= 0.3 is 13.8 Å². The van der Waals surface area contributed by atoms with Crippen LogP contribution in [0.1, 0.15) is 39.0 Å². The van der Waals surface area contributed by atoms with Gasteiger partial charge in [-0.1, -0.05) is 19.3 Å². The molecule has 0 aromatic heterocycles. The van der Waals surface area contributed by atoms with Crippen molar-refractivity contribution in [2.45, 2.75) is 45.1 Å². The molecule has 0 saturated heterocycles. The maximum atomic E-state index is 12.0. The van der Waals surface area contributed by atoms with Crippen LogP contribution in [0.4, 0.5) is 0 Å². The van der Waals surface area contributed by atoms with Crippen LogP contribution in [0.15, 0.2) is 0 Å².